The van der Waals surface area contributed by atoms with Crippen molar-refractivity contribution in [3.8, 4) is 0 Å². The van der Waals surface area contributed by atoms with Crippen LogP contribution in [-0.4, -0.2) is 43.5 Å². The number of methoxy groups -OCH3 is 2. The summed E-state index contributed by atoms with van der Waals surface area (Å²) >= 11 is 0. The van der Waals surface area contributed by atoms with Crippen molar-refractivity contribution in [3.63, 3.8) is 0 Å². The molecule has 4 heteroatoms. The molecule has 3 nitrogen and oxygen atoms in total. The van der Waals surface area contributed by atoms with E-state index in [1.54, 1.807) is 14.2 Å². The van der Waals surface area contributed by atoms with Gasteiger partial charge in [-0.25, -0.2) is 0 Å². The highest BCUT2D eigenvalue weighted by Crippen LogP contribution is 2.17. The predicted molar refractivity (Wildman–Crippen MR) is 54.4 cm³/mol. The van der Waals surface area contributed by atoms with Gasteiger partial charge in [-0.2, -0.15) is 0 Å². The molecule has 0 aliphatic rings. The highest BCUT2D eigenvalue weighted by Gasteiger charge is 2.24. The van der Waals surface area contributed by atoms with Gasteiger partial charge in [-0.05, 0) is 25.9 Å². The first kappa shape index (κ1) is 12.1. The second-order valence-electron chi connectivity index (χ2n) is 3.41. The van der Waals surface area contributed by atoms with E-state index in [-0.39, 0.29) is 5.41 Å². The fraction of sp³-hybridized carbons (Fsp3) is 1.00. The third-order valence-corrected chi connectivity index (χ3v) is 3.36. The average Bonchev–Trinajstić information content (AvgIpc) is 2.05. The molecular weight excluding hydrogens is 170 g/mol. The van der Waals surface area contributed by atoms with E-state index in [1.165, 1.54) is 0 Å². The predicted octanol–water partition coefficient (Wildman–Crippen LogP) is -0.456. The molecule has 0 radical (unpaired) electrons. The van der Waals surface area contributed by atoms with Crippen LogP contribution in [0.1, 0.15) is 13.3 Å². The van der Waals surface area contributed by atoms with Crippen molar-refractivity contribution in [2.24, 2.45) is 5.92 Å². The SMILES string of the molecule is CNCC(C)CC([SiH3])(OC)OC. The maximum Gasteiger partial charge on any atom is 0.141 e. The van der Waals surface area contributed by atoms with E-state index in [4.69, 9.17) is 9.47 Å². The molecule has 0 fully saturated rings. The number of rotatable bonds is 6. The molecule has 0 aromatic heterocycles. The van der Waals surface area contributed by atoms with E-state index in [1.807, 2.05) is 7.05 Å². The van der Waals surface area contributed by atoms with E-state index < -0.39 is 0 Å². The number of hydrogen-bond donors (Lipinski definition) is 1. The number of nitrogens with one attached hydrogen (secondary N) is 1. The van der Waals surface area contributed by atoms with Crippen LogP contribution >= 0.6 is 0 Å². The summed E-state index contributed by atoms with van der Waals surface area (Å²) in [7, 11) is 6.29. The minimum absolute atomic E-state index is 0.295. The molecule has 0 aromatic carbocycles. The van der Waals surface area contributed by atoms with Gasteiger partial charge < -0.3 is 14.8 Å². The summed E-state index contributed by atoms with van der Waals surface area (Å²) in [4.78, 5) is 0. The van der Waals surface area contributed by atoms with Gasteiger partial charge in [0.2, 0.25) is 0 Å². The molecule has 0 spiro atoms. The van der Waals surface area contributed by atoms with Crippen LogP contribution in [0.4, 0.5) is 0 Å². The molecule has 0 aliphatic heterocycles. The fourth-order valence-electron chi connectivity index (χ4n) is 1.30. The molecule has 74 valence electrons. The smallest absolute Gasteiger partial charge is 0.141 e. The third-order valence-electron chi connectivity index (χ3n) is 2.14. The van der Waals surface area contributed by atoms with Gasteiger partial charge in [0.15, 0.2) is 0 Å². The summed E-state index contributed by atoms with van der Waals surface area (Å²) in [6.45, 7) is 3.21. The molecule has 1 unspecified atom stereocenters. The van der Waals surface area contributed by atoms with Crippen LogP contribution in [0.15, 0.2) is 0 Å². The molecule has 0 heterocycles. The lowest BCUT2D eigenvalue weighted by molar-refractivity contribution is -0.152. The van der Waals surface area contributed by atoms with Gasteiger partial charge in [0.05, 0.1) is 10.2 Å². The summed E-state index contributed by atoms with van der Waals surface area (Å²) < 4.78 is 10.6. The lowest BCUT2D eigenvalue weighted by atomic mass is 10.1. The first-order valence-electron chi connectivity index (χ1n) is 4.33. The molecule has 0 saturated heterocycles. The second-order valence-corrected chi connectivity index (χ2v) is 4.93. The van der Waals surface area contributed by atoms with Gasteiger partial charge in [0, 0.05) is 14.2 Å². The lowest BCUT2D eigenvalue weighted by Gasteiger charge is -2.29. The fourth-order valence-corrected chi connectivity index (χ4v) is 2.00. The third kappa shape index (κ3) is 4.20. The monoisotopic (exact) mass is 191 g/mol. The standard InChI is InChI=1S/C8H21NO2Si/c1-7(6-9-2)5-8(12,10-3)11-4/h7,9H,5-6H2,1-4,12H3. The quantitative estimate of drug-likeness (QED) is 0.455. The first-order chi connectivity index (χ1) is 5.58. The topological polar surface area (TPSA) is 30.5 Å². The van der Waals surface area contributed by atoms with Gasteiger partial charge in [0.25, 0.3) is 0 Å². The van der Waals surface area contributed by atoms with Crippen molar-refractivity contribution < 1.29 is 9.47 Å². The summed E-state index contributed by atoms with van der Waals surface area (Å²) in [5, 5.41) is 3.14. The second kappa shape index (κ2) is 5.69. The normalized spacial score (nSPS) is 15.0. The molecule has 0 amide bonds. The Morgan fingerprint density at radius 2 is 1.92 bits per heavy atom. The Labute approximate surface area is 78.2 Å². The number of hydrogen-bond acceptors (Lipinski definition) is 3. The molecule has 0 aliphatic carbocycles. The summed E-state index contributed by atoms with van der Waals surface area (Å²) in [5.41, 5.74) is -0.295. The van der Waals surface area contributed by atoms with Crippen LogP contribution in [0.25, 0.3) is 0 Å². The van der Waals surface area contributed by atoms with Gasteiger partial charge in [-0.1, -0.05) is 6.92 Å². The van der Waals surface area contributed by atoms with Crippen molar-refractivity contribution in [1.29, 1.82) is 0 Å². The maximum absolute atomic E-state index is 5.32. The lowest BCUT2D eigenvalue weighted by Crippen LogP contribution is -2.37. The molecule has 0 rings (SSSR count). The number of ether oxygens (including phenoxy) is 2. The molecule has 0 bridgehead atoms. The van der Waals surface area contributed by atoms with Crippen LogP contribution in [-0.2, 0) is 9.47 Å². The zero-order valence-corrected chi connectivity index (χ0v) is 10.8. The Hall–Kier alpha value is 0.0969. The Morgan fingerprint density at radius 1 is 1.42 bits per heavy atom. The van der Waals surface area contributed by atoms with Gasteiger partial charge in [-0.15, -0.1) is 0 Å². The highest BCUT2D eigenvalue weighted by atomic mass is 28.1. The summed E-state index contributed by atoms with van der Waals surface area (Å²) in [6, 6.07) is 0. The molecule has 0 saturated carbocycles. The van der Waals surface area contributed by atoms with Crippen molar-refractivity contribution >= 4 is 10.2 Å². The van der Waals surface area contributed by atoms with Crippen molar-refractivity contribution in [2.75, 3.05) is 27.8 Å². The first-order valence-corrected chi connectivity index (χ1v) is 5.33. The Balaban J connectivity index is 3.84. The molecular formula is C8H21NO2Si. The van der Waals surface area contributed by atoms with Crippen molar-refractivity contribution in [2.45, 2.75) is 18.8 Å². The minimum atomic E-state index is -0.295. The Bertz CT molecular complexity index is 118. The van der Waals surface area contributed by atoms with E-state index in [0.29, 0.717) is 5.92 Å². The minimum Gasteiger partial charge on any atom is -0.358 e. The zero-order valence-electron chi connectivity index (χ0n) is 8.81. The van der Waals surface area contributed by atoms with E-state index in [2.05, 4.69) is 12.2 Å². The van der Waals surface area contributed by atoms with Crippen LogP contribution in [0.5, 0.6) is 0 Å². The molecule has 12 heavy (non-hydrogen) atoms. The van der Waals surface area contributed by atoms with Gasteiger partial charge >= 0.3 is 0 Å². The zero-order chi connectivity index (χ0) is 9.61. The van der Waals surface area contributed by atoms with Crippen LogP contribution in [0.2, 0.25) is 0 Å². The summed E-state index contributed by atoms with van der Waals surface area (Å²) in [6.07, 6.45) is 0.965. The van der Waals surface area contributed by atoms with Crippen molar-refractivity contribution in [1.82, 2.24) is 5.32 Å². The van der Waals surface area contributed by atoms with Crippen LogP contribution < -0.4 is 5.32 Å². The molecule has 1 atom stereocenters. The van der Waals surface area contributed by atoms with E-state index in [0.717, 1.165) is 23.2 Å². The Morgan fingerprint density at radius 3 is 2.25 bits per heavy atom. The summed E-state index contributed by atoms with van der Waals surface area (Å²) in [5.74, 6) is 0.590. The average molecular weight is 191 g/mol. The van der Waals surface area contributed by atoms with Gasteiger partial charge in [0.1, 0.15) is 5.41 Å². The largest absolute Gasteiger partial charge is 0.358 e. The van der Waals surface area contributed by atoms with Crippen LogP contribution in [0, 0.1) is 5.92 Å². The maximum atomic E-state index is 5.32. The van der Waals surface area contributed by atoms with E-state index >= 15 is 0 Å². The Kier molecular flexibility index (Phi) is 5.74. The van der Waals surface area contributed by atoms with Crippen molar-refractivity contribution in [3.05, 3.63) is 0 Å². The van der Waals surface area contributed by atoms with Gasteiger partial charge in [-0.3, -0.25) is 0 Å². The van der Waals surface area contributed by atoms with E-state index in [9.17, 15) is 0 Å². The molecule has 0 aromatic rings. The molecule has 1 N–H and O–H groups in total. The van der Waals surface area contributed by atoms with Crippen LogP contribution in [0.3, 0.4) is 0 Å². The highest BCUT2D eigenvalue weighted by molar-refractivity contribution is 6.13.